The summed E-state index contributed by atoms with van der Waals surface area (Å²) >= 11 is 5.88. The van der Waals surface area contributed by atoms with Gasteiger partial charge in [0.15, 0.2) is 0 Å². The zero-order chi connectivity index (χ0) is 12.8. The molecule has 1 aromatic carbocycles. The standard InChI is InChI=1S/C13H18ClNO2/c1-9(13(17)15-10(2)8-16)6-11-4-3-5-12(14)7-11/h3-5,7,9-10,16H,6,8H2,1-2H3,(H,15,17). The van der Waals surface area contributed by atoms with Crippen LogP contribution in [0.1, 0.15) is 19.4 Å². The Morgan fingerprint density at radius 1 is 1.47 bits per heavy atom. The van der Waals surface area contributed by atoms with E-state index in [2.05, 4.69) is 5.32 Å². The van der Waals surface area contributed by atoms with Crippen LogP contribution < -0.4 is 5.32 Å². The third-order valence-corrected chi connectivity index (χ3v) is 2.78. The molecular formula is C13H18ClNO2. The Morgan fingerprint density at radius 2 is 2.18 bits per heavy atom. The smallest absolute Gasteiger partial charge is 0.223 e. The molecule has 0 aliphatic carbocycles. The zero-order valence-corrected chi connectivity index (χ0v) is 10.9. The van der Waals surface area contributed by atoms with E-state index in [0.717, 1.165) is 5.56 Å². The summed E-state index contributed by atoms with van der Waals surface area (Å²) in [5.41, 5.74) is 1.04. The van der Waals surface area contributed by atoms with Crippen molar-refractivity contribution in [3.05, 3.63) is 34.9 Å². The molecule has 17 heavy (non-hydrogen) atoms. The highest BCUT2D eigenvalue weighted by Gasteiger charge is 2.15. The number of aliphatic hydroxyl groups is 1. The minimum atomic E-state index is -0.204. The largest absolute Gasteiger partial charge is 0.394 e. The second-order valence-corrected chi connectivity index (χ2v) is 4.76. The Kier molecular flexibility index (Phi) is 5.45. The number of halogens is 1. The molecule has 2 unspecified atom stereocenters. The summed E-state index contributed by atoms with van der Waals surface area (Å²) < 4.78 is 0. The van der Waals surface area contributed by atoms with E-state index in [1.807, 2.05) is 31.2 Å². The first-order valence-corrected chi connectivity index (χ1v) is 6.06. The van der Waals surface area contributed by atoms with E-state index >= 15 is 0 Å². The zero-order valence-electron chi connectivity index (χ0n) is 10.1. The lowest BCUT2D eigenvalue weighted by molar-refractivity contribution is -0.125. The van der Waals surface area contributed by atoms with E-state index in [4.69, 9.17) is 16.7 Å². The number of carbonyl (C=O) groups is 1. The fourth-order valence-electron chi connectivity index (χ4n) is 1.54. The van der Waals surface area contributed by atoms with Crippen molar-refractivity contribution < 1.29 is 9.90 Å². The van der Waals surface area contributed by atoms with Crippen molar-refractivity contribution in [3.63, 3.8) is 0 Å². The molecule has 4 heteroatoms. The maximum Gasteiger partial charge on any atom is 0.223 e. The Labute approximate surface area is 107 Å². The number of hydrogen-bond acceptors (Lipinski definition) is 2. The topological polar surface area (TPSA) is 49.3 Å². The first-order chi connectivity index (χ1) is 8.02. The van der Waals surface area contributed by atoms with Gasteiger partial charge in [-0.2, -0.15) is 0 Å². The number of hydrogen-bond donors (Lipinski definition) is 2. The fraction of sp³-hybridized carbons (Fsp3) is 0.462. The number of nitrogens with one attached hydrogen (secondary N) is 1. The van der Waals surface area contributed by atoms with E-state index in [-0.39, 0.29) is 24.5 Å². The molecule has 0 spiro atoms. The lowest BCUT2D eigenvalue weighted by Crippen LogP contribution is -2.38. The summed E-state index contributed by atoms with van der Waals surface area (Å²) in [7, 11) is 0. The molecule has 3 nitrogen and oxygen atoms in total. The fourth-order valence-corrected chi connectivity index (χ4v) is 1.75. The van der Waals surface area contributed by atoms with Gasteiger partial charge in [0.05, 0.1) is 6.61 Å². The Bertz CT molecular complexity index is 381. The SMILES string of the molecule is CC(CO)NC(=O)C(C)Cc1cccc(Cl)c1. The van der Waals surface area contributed by atoms with Gasteiger partial charge in [0.25, 0.3) is 0 Å². The van der Waals surface area contributed by atoms with Gasteiger partial charge in [0.1, 0.15) is 0 Å². The molecule has 2 atom stereocenters. The maximum atomic E-state index is 11.7. The molecule has 1 amide bonds. The van der Waals surface area contributed by atoms with Gasteiger partial charge >= 0.3 is 0 Å². The van der Waals surface area contributed by atoms with Crippen LogP contribution >= 0.6 is 11.6 Å². The van der Waals surface area contributed by atoms with Crippen molar-refractivity contribution in [1.29, 1.82) is 0 Å². The van der Waals surface area contributed by atoms with Crippen molar-refractivity contribution in [2.75, 3.05) is 6.61 Å². The molecule has 0 radical (unpaired) electrons. The molecule has 0 heterocycles. The molecule has 1 rings (SSSR count). The summed E-state index contributed by atoms with van der Waals surface area (Å²) in [4.78, 5) is 11.7. The highest BCUT2D eigenvalue weighted by molar-refractivity contribution is 6.30. The summed E-state index contributed by atoms with van der Waals surface area (Å²) in [6.45, 7) is 3.58. The minimum absolute atomic E-state index is 0.0460. The van der Waals surface area contributed by atoms with Crippen LogP contribution in [0.5, 0.6) is 0 Å². The molecule has 0 fully saturated rings. The van der Waals surface area contributed by atoms with Crippen molar-refractivity contribution in [2.45, 2.75) is 26.3 Å². The van der Waals surface area contributed by atoms with Crippen LogP contribution in [0.3, 0.4) is 0 Å². The Balaban J connectivity index is 2.54. The minimum Gasteiger partial charge on any atom is -0.394 e. The van der Waals surface area contributed by atoms with Gasteiger partial charge in [-0.15, -0.1) is 0 Å². The van der Waals surface area contributed by atoms with Crippen LogP contribution in [-0.4, -0.2) is 23.7 Å². The van der Waals surface area contributed by atoms with Gasteiger partial charge in [-0.25, -0.2) is 0 Å². The van der Waals surface area contributed by atoms with Crippen LogP contribution in [-0.2, 0) is 11.2 Å². The third kappa shape index (κ3) is 4.75. The highest BCUT2D eigenvalue weighted by atomic mass is 35.5. The van der Waals surface area contributed by atoms with Gasteiger partial charge in [-0.05, 0) is 31.0 Å². The van der Waals surface area contributed by atoms with Crippen LogP contribution in [0.4, 0.5) is 0 Å². The number of aliphatic hydroxyl groups excluding tert-OH is 1. The molecule has 0 aliphatic heterocycles. The van der Waals surface area contributed by atoms with Gasteiger partial charge in [-0.3, -0.25) is 4.79 Å². The quantitative estimate of drug-likeness (QED) is 0.846. The van der Waals surface area contributed by atoms with Gasteiger partial charge in [0.2, 0.25) is 5.91 Å². The Morgan fingerprint density at radius 3 is 2.76 bits per heavy atom. The predicted octanol–water partition coefficient (Wildman–Crippen LogP) is 2.02. The normalized spacial score (nSPS) is 14.1. The van der Waals surface area contributed by atoms with E-state index in [9.17, 15) is 4.79 Å². The lowest BCUT2D eigenvalue weighted by atomic mass is 10.0. The number of carbonyl (C=O) groups excluding carboxylic acids is 1. The van der Waals surface area contributed by atoms with Gasteiger partial charge in [-0.1, -0.05) is 30.7 Å². The molecule has 0 saturated heterocycles. The molecular weight excluding hydrogens is 238 g/mol. The molecule has 94 valence electrons. The average molecular weight is 256 g/mol. The number of rotatable bonds is 5. The summed E-state index contributed by atoms with van der Waals surface area (Å²) in [6, 6.07) is 7.29. The van der Waals surface area contributed by atoms with E-state index in [1.54, 1.807) is 6.92 Å². The molecule has 1 aromatic rings. The van der Waals surface area contributed by atoms with Crippen LogP contribution in [0.15, 0.2) is 24.3 Å². The van der Waals surface area contributed by atoms with Crippen LogP contribution in [0, 0.1) is 5.92 Å². The van der Waals surface area contributed by atoms with E-state index < -0.39 is 0 Å². The number of benzene rings is 1. The molecule has 0 aliphatic rings. The third-order valence-electron chi connectivity index (χ3n) is 2.54. The summed E-state index contributed by atoms with van der Waals surface area (Å²) in [5.74, 6) is -0.186. The molecule has 0 bridgehead atoms. The molecule has 0 aromatic heterocycles. The Hall–Kier alpha value is -1.06. The van der Waals surface area contributed by atoms with E-state index in [0.29, 0.717) is 11.4 Å². The summed E-state index contributed by atoms with van der Waals surface area (Å²) in [6.07, 6.45) is 0.643. The second-order valence-electron chi connectivity index (χ2n) is 4.33. The van der Waals surface area contributed by atoms with Crippen LogP contribution in [0.2, 0.25) is 5.02 Å². The van der Waals surface area contributed by atoms with E-state index in [1.165, 1.54) is 0 Å². The van der Waals surface area contributed by atoms with Crippen molar-refractivity contribution in [2.24, 2.45) is 5.92 Å². The number of amides is 1. The second kappa shape index (κ2) is 6.62. The molecule has 2 N–H and O–H groups in total. The highest BCUT2D eigenvalue weighted by Crippen LogP contribution is 2.14. The predicted molar refractivity (Wildman–Crippen MR) is 69.0 cm³/mol. The lowest BCUT2D eigenvalue weighted by Gasteiger charge is -2.15. The van der Waals surface area contributed by atoms with Crippen LogP contribution in [0.25, 0.3) is 0 Å². The monoisotopic (exact) mass is 255 g/mol. The summed E-state index contributed by atoms with van der Waals surface area (Å²) in [5, 5.41) is 12.3. The van der Waals surface area contributed by atoms with Crippen molar-refractivity contribution >= 4 is 17.5 Å². The van der Waals surface area contributed by atoms with Gasteiger partial charge < -0.3 is 10.4 Å². The van der Waals surface area contributed by atoms with Crippen molar-refractivity contribution in [1.82, 2.24) is 5.32 Å². The molecule has 0 saturated carbocycles. The first-order valence-electron chi connectivity index (χ1n) is 5.68. The average Bonchev–Trinajstić information content (AvgIpc) is 2.28. The maximum absolute atomic E-state index is 11.7. The van der Waals surface area contributed by atoms with Gasteiger partial charge in [0, 0.05) is 17.0 Å². The van der Waals surface area contributed by atoms with Crippen molar-refractivity contribution in [3.8, 4) is 0 Å². The first kappa shape index (κ1) is 14.0.